The summed E-state index contributed by atoms with van der Waals surface area (Å²) in [5.41, 5.74) is 1.86. The van der Waals surface area contributed by atoms with Crippen molar-refractivity contribution < 1.29 is 9.53 Å². The highest BCUT2D eigenvalue weighted by Gasteiger charge is 2.04. The first kappa shape index (κ1) is 12.7. The van der Waals surface area contributed by atoms with Gasteiger partial charge in [-0.05, 0) is 23.8 Å². The van der Waals surface area contributed by atoms with Crippen LogP contribution in [-0.2, 0) is 5.75 Å². The Morgan fingerprint density at radius 2 is 1.94 bits per heavy atom. The summed E-state index contributed by atoms with van der Waals surface area (Å²) in [6.45, 7) is 0. The van der Waals surface area contributed by atoms with Gasteiger partial charge in [0.15, 0.2) is 6.29 Å². The lowest BCUT2D eigenvalue weighted by Crippen LogP contribution is -1.90. The fourth-order valence-corrected chi connectivity index (χ4v) is 2.50. The Balaban J connectivity index is 2.08. The number of hydrogen-bond acceptors (Lipinski definition) is 3. The van der Waals surface area contributed by atoms with Crippen LogP contribution in [-0.4, -0.2) is 13.4 Å². The summed E-state index contributed by atoms with van der Waals surface area (Å²) in [5.74, 6) is 1.54. The third-order valence-corrected chi connectivity index (χ3v) is 3.65. The fraction of sp³-hybridized carbons (Fsp3) is 0.133. The van der Waals surface area contributed by atoms with Gasteiger partial charge in [0, 0.05) is 10.6 Å². The second kappa shape index (κ2) is 6.26. The van der Waals surface area contributed by atoms with Crippen LogP contribution in [0.1, 0.15) is 15.9 Å². The molecule has 0 amide bonds. The van der Waals surface area contributed by atoms with E-state index in [0.717, 1.165) is 16.9 Å². The second-order valence-electron chi connectivity index (χ2n) is 3.80. The molecule has 0 heterocycles. The topological polar surface area (TPSA) is 26.3 Å². The standard InChI is InChI=1S/C15H14O2S/c1-17-15-9-14(8-7-13(15)10-16)18-11-12-5-3-2-4-6-12/h2-10H,11H2,1H3. The molecule has 3 heteroatoms. The molecule has 0 bridgehead atoms. The molecule has 0 fully saturated rings. The molecule has 18 heavy (non-hydrogen) atoms. The van der Waals surface area contributed by atoms with Crippen molar-refractivity contribution in [3.8, 4) is 5.75 Å². The van der Waals surface area contributed by atoms with E-state index in [1.54, 1.807) is 24.9 Å². The summed E-state index contributed by atoms with van der Waals surface area (Å²) in [6.07, 6.45) is 0.810. The molecular formula is C15H14O2S. The van der Waals surface area contributed by atoms with Gasteiger partial charge in [-0.3, -0.25) is 4.79 Å². The molecule has 2 nitrogen and oxygen atoms in total. The van der Waals surface area contributed by atoms with Gasteiger partial charge in [-0.15, -0.1) is 11.8 Å². The first-order valence-electron chi connectivity index (χ1n) is 5.63. The Bertz CT molecular complexity index is 523. The van der Waals surface area contributed by atoms with Gasteiger partial charge in [-0.25, -0.2) is 0 Å². The van der Waals surface area contributed by atoms with Crippen LogP contribution in [0.3, 0.4) is 0 Å². The smallest absolute Gasteiger partial charge is 0.153 e. The highest BCUT2D eigenvalue weighted by molar-refractivity contribution is 7.98. The third-order valence-electron chi connectivity index (χ3n) is 2.58. The number of aldehydes is 1. The molecule has 0 aliphatic rings. The Hall–Kier alpha value is -1.74. The van der Waals surface area contributed by atoms with Crippen LogP contribution in [0.15, 0.2) is 53.4 Å². The molecule has 0 spiro atoms. The molecular weight excluding hydrogens is 244 g/mol. The lowest BCUT2D eigenvalue weighted by Gasteiger charge is -2.06. The molecule has 0 saturated heterocycles. The van der Waals surface area contributed by atoms with Crippen molar-refractivity contribution in [1.82, 2.24) is 0 Å². The van der Waals surface area contributed by atoms with Crippen molar-refractivity contribution in [3.63, 3.8) is 0 Å². The maximum Gasteiger partial charge on any atom is 0.153 e. The van der Waals surface area contributed by atoms with Crippen molar-refractivity contribution >= 4 is 18.0 Å². The molecule has 92 valence electrons. The summed E-state index contributed by atoms with van der Waals surface area (Å²) < 4.78 is 5.18. The zero-order chi connectivity index (χ0) is 12.8. The number of rotatable bonds is 5. The van der Waals surface area contributed by atoms with Gasteiger partial charge in [0.2, 0.25) is 0 Å². The van der Waals surface area contributed by atoms with Gasteiger partial charge in [0.1, 0.15) is 5.75 Å². The number of carbonyl (C=O) groups is 1. The van der Waals surface area contributed by atoms with Crippen molar-refractivity contribution in [2.75, 3.05) is 7.11 Å². The molecule has 2 rings (SSSR count). The van der Waals surface area contributed by atoms with Crippen LogP contribution in [0.5, 0.6) is 5.75 Å². The summed E-state index contributed by atoms with van der Waals surface area (Å²) in [5, 5.41) is 0. The van der Waals surface area contributed by atoms with E-state index in [-0.39, 0.29) is 0 Å². The minimum absolute atomic E-state index is 0.585. The van der Waals surface area contributed by atoms with E-state index in [0.29, 0.717) is 11.3 Å². The van der Waals surface area contributed by atoms with E-state index in [1.165, 1.54) is 5.56 Å². The summed E-state index contributed by atoms with van der Waals surface area (Å²) >= 11 is 1.73. The number of benzene rings is 2. The Morgan fingerprint density at radius 1 is 1.17 bits per heavy atom. The van der Waals surface area contributed by atoms with Crippen LogP contribution < -0.4 is 4.74 Å². The normalized spacial score (nSPS) is 10.1. The van der Waals surface area contributed by atoms with E-state index in [1.807, 2.05) is 30.3 Å². The van der Waals surface area contributed by atoms with E-state index in [2.05, 4.69) is 12.1 Å². The Labute approximate surface area is 111 Å². The SMILES string of the molecule is COc1cc(SCc2ccccc2)ccc1C=O. The molecule has 0 N–H and O–H groups in total. The average molecular weight is 258 g/mol. The second-order valence-corrected chi connectivity index (χ2v) is 4.84. The first-order chi connectivity index (χ1) is 8.83. The molecule has 0 aliphatic heterocycles. The molecule has 0 atom stereocenters. The number of ether oxygens (including phenoxy) is 1. The molecule has 0 unspecified atom stereocenters. The van der Waals surface area contributed by atoms with Crippen LogP contribution in [0.4, 0.5) is 0 Å². The number of thioether (sulfide) groups is 1. The van der Waals surface area contributed by atoms with Crippen LogP contribution in [0.2, 0.25) is 0 Å². The highest BCUT2D eigenvalue weighted by Crippen LogP contribution is 2.28. The van der Waals surface area contributed by atoms with Gasteiger partial charge >= 0.3 is 0 Å². The van der Waals surface area contributed by atoms with Crippen molar-refractivity contribution in [1.29, 1.82) is 0 Å². The number of hydrogen-bond donors (Lipinski definition) is 0. The van der Waals surface area contributed by atoms with Gasteiger partial charge in [-0.2, -0.15) is 0 Å². The maximum atomic E-state index is 10.8. The van der Waals surface area contributed by atoms with E-state index in [9.17, 15) is 4.79 Å². The molecule has 2 aromatic rings. The zero-order valence-electron chi connectivity index (χ0n) is 10.1. The molecule has 0 radical (unpaired) electrons. The highest BCUT2D eigenvalue weighted by atomic mass is 32.2. The first-order valence-corrected chi connectivity index (χ1v) is 6.62. The van der Waals surface area contributed by atoms with Gasteiger partial charge in [0.05, 0.1) is 12.7 Å². The van der Waals surface area contributed by atoms with Gasteiger partial charge in [-0.1, -0.05) is 30.3 Å². The molecule has 2 aromatic carbocycles. The van der Waals surface area contributed by atoms with Crippen LogP contribution in [0, 0.1) is 0 Å². The summed E-state index contributed by atoms with van der Waals surface area (Å²) in [6, 6.07) is 15.9. The quantitative estimate of drug-likeness (QED) is 0.602. The van der Waals surface area contributed by atoms with Gasteiger partial charge in [0.25, 0.3) is 0 Å². The van der Waals surface area contributed by atoms with E-state index < -0.39 is 0 Å². The molecule has 0 aromatic heterocycles. The largest absolute Gasteiger partial charge is 0.496 e. The fourth-order valence-electron chi connectivity index (χ4n) is 1.62. The molecule has 0 saturated carbocycles. The Morgan fingerprint density at radius 3 is 2.61 bits per heavy atom. The zero-order valence-corrected chi connectivity index (χ0v) is 10.9. The Kier molecular flexibility index (Phi) is 4.42. The third kappa shape index (κ3) is 3.14. The number of carbonyl (C=O) groups excluding carboxylic acids is 1. The minimum atomic E-state index is 0.585. The molecule has 0 aliphatic carbocycles. The van der Waals surface area contributed by atoms with Crippen LogP contribution >= 0.6 is 11.8 Å². The predicted octanol–water partition coefficient (Wildman–Crippen LogP) is 3.80. The summed E-state index contributed by atoms with van der Waals surface area (Å²) in [7, 11) is 1.58. The minimum Gasteiger partial charge on any atom is -0.496 e. The van der Waals surface area contributed by atoms with Crippen molar-refractivity contribution in [2.24, 2.45) is 0 Å². The van der Waals surface area contributed by atoms with E-state index in [4.69, 9.17) is 4.74 Å². The van der Waals surface area contributed by atoms with E-state index >= 15 is 0 Å². The lowest BCUT2D eigenvalue weighted by molar-refractivity contribution is 0.112. The van der Waals surface area contributed by atoms with Crippen molar-refractivity contribution in [2.45, 2.75) is 10.6 Å². The monoisotopic (exact) mass is 258 g/mol. The average Bonchev–Trinajstić information content (AvgIpc) is 2.45. The lowest BCUT2D eigenvalue weighted by atomic mass is 10.2. The maximum absolute atomic E-state index is 10.8. The number of methoxy groups -OCH3 is 1. The van der Waals surface area contributed by atoms with Gasteiger partial charge < -0.3 is 4.74 Å². The predicted molar refractivity (Wildman–Crippen MR) is 74.4 cm³/mol. The summed E-state index contributed by atoms with van der Waals surface area (Å²) in [4.78, 5) is 11.9. The van der Waals surface area contributed by atoms with Crippen LogP contribution in [0.25, 0.3) is 0 Å². The van der Waals surface area contributed by atoms with Crippen molar-refractivity contribution in [3.05, 3.63) is 59.7 Å².